The van der Waals surface area contributed by atoms with Crippen molar-refractivity contribution in [3.8, 4) is 17.2 Å². The quantitative estimate of drug-likeness (QED) is 0.216. The van der Waals surface area contributed by atoms with Gasteiger partial charge < -0.3 is 19.5 Å². The second-order valence-electron chi connectivity index (χ2n) is 8.36. The number of nitrogens with one attached hydrogen (secondary N) is 1. The van der Waals surface area contributed by atoms with E-state index in [1.54, 1.807) is 7.11 Å². The summed E-state index contributed by atoms with van der Waals surface area (Å²) < 4.78 is 18.1. The lowest BCUT2D eigenvalue weighted by atomic mass is 10.1. The Morgan fingerprint density at radius 2 is 1.74 bits per heavy atom. The fraction of sp³-hybridized carbons (Fsp3) is 0.133. The SMILES string of the molecule is CCOc1cc(/C=C2/SC(=Nc3ccc(OC)cc3)NC2=O)c(Br)cc1OCc1cccc2ccccc12. The van der Waals surface area contributed by atoms with Crippen LogP contribution in [0.1, 0.15) is 18.1 Å². The van der Waals surface area contributed by atoms with Gasteiger partial charge in [0.2, 0.25) is 0 Å². The lowest BCUT2D eigenvalue weighted by Crippen LogP contribution is -2.19. The van der Waals surface area contributed by atoms with Gasteiger partial charge in [-0.3, -0.25) is 4.79 Å². The number of amides is 1. The number of amidine groups is 1. The molecule has 1 amide bonds. The number of hydrogen-bond donors (Lipinski definition) is 1. The van der Waals surface area contributed by atoms with Gasteiger partial charge >= 0.3 is 0 Å². The smallest absolute Gasteiger partial charge is 0.264 e. The number of carbonyl (C=O) groups is 1. The van der Waals surface area contributed by atoms with Crippen molar-refractivity contribution < 1.29 is 19.0 Å². The molecule has 1 fully saturated rings. The molecule has 6 nitrogen and oxygen atoms in total. The molecule has 4 aromatic carbocycles. The predicted molar refractivity (Wildman–Crippen MR) is 157 cm³/mol. The first-order valence-electron chi connectivity index (χ1n) is 12.0. The topological polar surface area (TPSA) is 69.2 Å². The molecule has 0 bridgehead atoms. The van der Waals surface area contributed by atoms with Crippen LogP contribution in [0.15, 0.2) is 93.2 Å². The van der Waals surface area contributed by atoms with Crippen LogP contribution in [0.3, 0.4) is 0 Å². The highest BCUT2D eigenvalue weighted by Gasteiger charge is 2.24. The molecule has 8 heteroatoms. The molecule has 0 saturated carbocycles. The molecule has 0 aromatic heterocycles. The van der Waals surface area contributed by atoms with Crippen LogP contribution in [0.2, 0.25) is 0 Å². The van der Waals surface area contributed by atoms with Crippen molar-refractivity contribution >= 4 is 61.3 Å². The van der Waals surface area contributed by atoms with Crippen LogP contribution in [0, 0.1) is 0 Å². The van der Waals surface area contributed by atoms with E-state index in [0.717, 1.165) is 32.4 Å². The van der Waals surface area contributed by atoms with Gasteiger partial charge in [-0.05, 0) is 83.1 Å². The van der Waals surface area contributed by atoms with Gasteiger partial charge in [-0.1, -0.05) is 58.4 Å². The van der Waals surface area contributed by atoms with Crippen molar-refractivity contribution in [2.75, 3.05) is 13.7 Å². The zero-order valence-corrected chi connectivity index (χ0v) is 23.3. The van der Waals surface area contributed by atoms with Crippen LogP contribution in [0.25, 0.3) is 16.8 Å². The molecular weight excluding hydrogens is 564 g/mol. The molecule has 1 aliphatic rings. The Hall–Kier alpha value is -3.75. The maximum Gasteiger partial charge on any atom is 0.264 e. The van der Waals surface area contributed by atoms with E-state index >= 15 is 0 Å². The first-order chi connectivity index (χ1) is 18.5. The molecule has 0 aliphatic carbocycles. The highest BCUT2D eigenvalue weighted by Crippen LogP contribution is 2.37. The number of ether oxygens (including phenoxy) is 3. The maximum absolute atomic E-state index is 12.7. The monoisotopic (exact) mass is 588 g/mol. The highest BCUT2D eigenvalue weighted by molar-refractivity contribution is 9.10. The summed E-state index contributed by atoms with van der Waals surface area (Å²) in [5, 5.41) is 5.67. The van der Waals surface area contributed by atoms with Gasteiger partial charge in [0.15, 0.2) is 16.7 Å². The lowest BCUT2D eigenvalue weighted by molar-refractivity contribution is -0.115. The van der Waals surface area contributed by atoms with Gasteiger partial charge in [0.1, 0.15) is 12.4 Å². The highest BCUT2D eigenvalue weighted by atomic mass is 79.9. The second kappa shape index (κ2) is 11.8. The standard InChI is InChI=1S/C30H25BrN2O4S/c1-3-36-26-15-21(16-28-29(34)33-30(38-28)32-22-11-13-23(35-2)14-12-22)25(31)17-27(26)37-18-20-9-6-8-19-7-4-5-10-24(19)20/h4-17H,3,18H2,1-2H3,(H,32,33,34)/b28-16+. The summed E-state index contributed by atoms with van der Waals surface area (Å²) in [5.41, 5.74) is 2.62. The first-order valence-corrected chi connectivity index (χ1v) is 13.6. The summed E-state index contributed by atoms with van der Waals surface area (Å²) in [6.45, 7) is 2.81. The first kappa shape index (κ1) is 25.9. The number of methoxy groups -OCH3 is 1. The number of carbonyl (C=O) groups excluding carboxylic acids is 1. The summed E-state index contributed by atoms with van der Waals surface area (Å²) in [4.78, 5) is 17.7. The molecular formula is C30H25BrN2O4S. The fourth-order valence-corrected chi connectivity index (χ4v) is 5.28. The van der Waals surface area contributed by atoms with E-state index in [0.29, 0.717) is 34.8 Å². The number of nitrogens with zero attached hydrogens (tertiary/aromatic N) is 1. The molecule has 0 spiro atoms. The Bertz CT molecular complexity index is 1540. The van der Waals surface area contributed by atoms with Gasteiger partial charge in [-0.2, -0.15) is 0 Å². The summed E-state index contributed by atoms with van der Waals surface area (Å²) in [7, 11) is 1.61. The van der Waals surface area contributed by atoms with E-state index in [-0.39, 0.29) is 5.91 Å². The van der Waals surface area contributed by atoms with E-state index < -0.39 is 0 Å². The van der Waals surface area contributed by atoms with Crippen molar-refractivity contribution in [2.24, 2.45) is 4.99 Å². The molecule has 5 rings (SSSR count). The van der Waals surface area contributed by atoms with Crippen molar-refractivity contribution in [3.63, 3.8) is 0 Å². The normalized spacial score (nSPS) is 15.2. The Kier molecular flexibility index (Phi) is 8.00. The third-order valence-electron chi connectivity index (χ3n) is 5.87. The van der Waals surface area contributed by atoms with E-state index in [1.807, 2.05) is 67.6 Å². The lowest BCUT2D eigenvalue weighted by Gasteiger charge is -2.15. The fourth-order valence-electron chi connectivity index (χ4n) is 4.01. The van der Waals surface area contributed by atoms with Crippen molar-refractivity contribution in [1.82, 2.24) is 5.32 Å². The Morgan fingerprint density at radius 1 is 0.974 bits per heavy atom. The van der Waals surface area contributed by atoms with Crippen molar-refractivity contribution in [3.05, 3.63) is 99.4 Å². The minimum atomic E-state index is -0.205. The summed E-state index contributed by atoms with van der Waals surface area (Å²) in [6, 6.07) is 25.5. The van der Waals surface area contributed by atoms with Crippen LogP contribution in [0.5, 0.6) is 17.2 Å². The van der Waals surface area contributed by atoms with Gasteiger partial charge in [0.05, 0.1) is 24.3 Å². The number of thioether (sulfide) groups is 1. The number of hydrogen-bond acceptors (Lipinski definition) is 6. The Morgan fingerprint density at radius 3 is 2.53 bits per heavy atom. The minimum absolute atomic E-state index is 0.205. The summed E-state index contributed by atoms with van der Waals surface area (Å²) in [6.07, 6.45) is 1.82. The molecule has 1 heterocycles. The number of rotatable bonds is 8. The number of aliphatic imine (C=N–C) groups is 1. The van der Waals surface area contributed by atoms with Crippen LogP contribution >= 0.6 is 27.7 Å². The average molecular weight is 590 g/mol. The largest absolute Gasteiger partial charge is 0.497 e. The van der Waals surface area contributed by atoms with Gasteiger partial charge in [0, 0.05) is 4.47 Å². The third kappa shape index (κ3) is 5.87. The zero-order chi connectivity index (χ0) is 26.5. The molecule has 1 aliphatic heterocycles. The van der Waals surface area contributed by atoms with Crippen LogP contribution in [-0.2, 0) is 11.4 Å². The summed E-state index contributed by atoms with van der Waals surface area (Å²) >= 11 is 4.93. The molecule has 0 atom stereocenters. The van der Waals surface area contributed by atoms with Gasteiger partial charge in [-0.15, -0.1) is 0 Å². The molecule has 38 heavy (non-hydrogen) atoms. The molecule has 1 N–H and O–H groups in total. The molecule has 4 aromatic rings. The predicted octanol–water partition coefficient (Wildman–Crippen LogP) is 7.48. The molecule has 0 unspecified atom stereocenters. The summed E-state index contributed by atoms with van der Waals surface area (Å²) in [5.74, 6) is 1.78. The van der Waals surface area contributed by atoms with Gasteiger partial charge in [0.25, 0.3) is 5.91 Å². The van der Waals surface area contributed by atoms with Crippen molar-refractivity contribution in [2.45, 2.75) is 13.5 Å². The van der Waals surface area contributed by atoms with Crippen LogP contribution < -0.4 is 19.5 Å². The van der Waals surface area contributed by atoms with Gasteiger partial charge in [-0.25, -0.2) is 4.99 Å². The zero-order valence-electron chi connectivity index (χ0n) is 20.9. The third-order valence-corrected chi connectivity index (χ3v) is 7.46. The maximum atomic E-state index is 12.7. The van der Waals surface area contributed by atoms with Crippen LogP contribution in [0.4, 0.5) is 5.69 Å². The van der Waals surface area contributed by atoms with E-state index in [4.69, 9.17) is 14.2 Å². The van der Waals surface area contributed by atoms with Crippen LogP contribution in [-0.4, -0.2) is 24.8 Å². The molecule has 0 radical (unpaired) electrons. The Labute approximate surface area is 233 Å². The number of benzene rings is 4. The Balaban J connectivity index is 1.37. The molecule has 192 valence electrons. The van der Waals surface area contributed by atoms with E-state index in [2.05, 4.69) is 50.5 Å². The molecule has 1 saturated heterocycles. The second-order valence-corrected chi connectivity index (χ2v) is 10.2. The average Bonchev–Trinajstić information content (AvgIpc) is 3.28. The minimum Gasteiger partial charge on any atom is -0.497 e. The number of halogens is 1. The number of fused-ring (bicyclic) bond motifs is 1. The van der Waals surface area contributed by atoms with Crippen molar-refractivity contribution in [1.29, 1.82) is 0 Å². The van der Waals surface area contributed by atoms with E-state index in [1.165, 1.54) is 17.1 Å². The van der Waals surface area contributed by atoms with E-state index in [9.17, 15) is 4.79 Å².